The van der Waals surface area contributed by atoms with Crippen molar-refractivity contribution in [3.63, 3.8) is 0 Å². The maximum Gasteiger partial charge on any atom is 0.307 e. The summed E-state index contributed by atoms with van der Waals surface area (Å²) in [7, 11) is 0. The molecule has 1 aromatic heterocycles. The minimum Gasteiger partial charge on any atom is -0.481 e. The highest BCUT2D eigenvalue weighted by Crippen LogP contribution is 2.31. The van der Waals surface area contributed by atoms with Gasteiger partial charge in [-0.05, 0) is 19.8 Å². The predicted molar refractivity (Wildman–Crippen MR) is 66.4 cm³/mol. The molecule has 0 saturated heterocycles. The smallest absolute Gasteiger partial charge is 0.307 e. The Kier molecular flexibility index (Phi) is 3.90. The Balaban J connectivity index is 2.04. The van der Waals surface area contributed by atoms with Gasteiger partial charge >= 0.3 is 5.97 Å². The highest BCUT2D eigenvalue weighted by Gasteiger charge is 2.35. The van der Waals surface area contributed by atoms with Crippen LogP contribution in [0.4, 0.5) is 5.13 Å². The summed E-state index contributed by atoms with van der Waals surface area (Å²) < 4.78 is 0. The third-order valence-corrected chi connectivity index (χ3v) is 3.93. The largest absolute Gasteiger partial charge is 0.481 e. The molecule has 0 aliphatic heterocycles. The Morgan fingerprint density at radius 1 is 1.28 bits per heavy atom. The van der Waals surface area contributed by atoms with Gasteiger partial charge in [0.2, 0.25) is 11.0 Å². The number of aryl methyl sites for hydroxylation is 1. The highest BCUT2D eigenvalue weighted by atomic mass is 32.1. The number of aliphatic carboxylic acids is 1. The molecule has 0 radical (unpaired) electrons. The first-order valence-electron chi connectivity index (χ1n) is 5.91. The Labute approximate surface area is 108 Å². The van der Waals surface area contributed by atoms with E-state index >= 15 is 0 Å². The van der Waals surface area contributed by atoms with Crippen LogP contribution in [0.2, 0.25) is 0 Å². The lowest BCUT2D eigenvalue weighted by Crippen LogP contribution is -2.36. The fraction of sp³-hybridized carbons (Fsp3) is 0.636. The zero-order valence-corrected chi connectivity index (χ0v) is 10.9. The monoisotopic (exact) mass is 269 g/mol. The first kappa shape index (κ1) is 12.9. The van der Waals surface area contributed by atoms with E-state index in [1.807, 2.05) is 0 Å². The maximum absolute atomic E-state index is 12.1. The molecule has 7 heteroatoms. The van der Waals surface area contributed by atoms with Gasteiger partial charge in [-0.1, -0.05) is 24.2 Å². The van der Waals surface area contributed by atoms with Crippen LogP contribution >= 0.6 is 11.3 Å². The van der Waals surface area contributed by atoms with E-state index in [0.29, 0.717) is 18.0 Å². The molecule has 0 unspecified atom stereocenters. The summed E-state index contributed by atoms with van der Waals surface area (Å²) in [5.74, 6) is -2.17. The molecule has 2 rings (SSSR count). The molecule has 1 saturated carbocycles. The second kappa shape index (κ2) is 5.43. The van der Waals surface area contributed by atoms with Gasteiger partial charge in [-0.25, -0.2) is 0 Å². The molecule has 1 amide bonds. The number of rotatable bonds is 3. The third kappa shape index (κ3) is 2.84. The summed E-state index contributed by atoms with van der Waals surface area (Å²) in [6.45, 7) is 1.80. The second-order valence-electron chi connectivity index (χ2n) is 4.45. The lowest BCUT2D eigenvalue weighted by atomic mass is 9.79. The molecule has 0 bridgehead atoms. The molecular formula is C11H15N3O3S. The van der Waals surface area contributed by atoms with Gasteiger partial charge in [0, 0.05) is 0 Å². The molecule has 6 nitrogen and oxygen atoms in total. The van der Waals surface area contributed by atoms with Crippen LogP contribution in [0, 0.1) is 18.8 Å². The van der Waals surface area contributed by atoms with Crippen LogP contribution in [0.15, 0.2) is 0 Å². The van der Waals surface area contributed by atoms with Gasteiger partial charge in [0.1, 0.15) is 5.01 Å². The molecule has 1 heterocycles. The van der Waals surface area contributed by atoms with E-state index in [2.05, 4.69) is 15.5 Å². The van der Waals surface area contributed by atoms with E-state index in [-0.39, 0.29) is 5.91 Å². The van der Waals surface area contributed by atoms with Gasteiger partial charge in [0.25, 0.3) is 0 Å². The summed E-state index contributed by atoms with van der Waals surface area (Å²) in [5, 5.41) is 20.6. The number of nitrogens with one attached hydrogen (secondary N) is 1. The number of carbonyl (C=O) groups is 2. The van der Waals surface area contributed by atoms with Crippen LogP contribution in [0.1, 0.15) is 30.7 Å². The molecule has 1 aromatic rings. The standard InChI is InChI=1S/C11H15N3O3S/c1-6-13-14-11(18-6)12-9(15)7-4-2-3-5-8(7)10(16)17/h7-8H,2-5H2,1H3,(H,16,17)(H,12,14,15)/t7-,8-/m1/s1. The Morgan fingerprint density at radius 3 is 2.50 bits per heavy atom. The van der Waals surface area contributed by atoms with Crippen molar-refractivity contribution >= 4 is 28.3 Å². The Hall–Kier alpha value is -1.50. The first-order valence-corrected chi connectivity index (χ1v) is 6.73. The van der Waals surface area contributed by atoms with E-state index in [1.54, 1.807) is 6.92 Å². The van der Waals surface area contributed by atoms with Crippen molar-refractivity contribution in [3.05, 3.63) is 5.01 Å². The number of carbonyl (C=O) groups excluding carboxylic acids is 1. The van der Waals surface area contributed by atoms with E-state index < -0.39 is 17.8 Å². The van der Waals surface area contributed by atoms with Crippen LogP contribution in [0.3, 0.4) is 0 Å². The highest BCUT2D eigenvalue weighted by molar-refractivity contribution is 7.15. The molecule has 18 heavy (non-hydrogen) atoms. The molecule has 2 atom stereocenters. The van der Waals surface area contributed by atoms with E-state index in [1.165, 1.54) is 11.3 Å². The van der Waals surface area contributed by atoms with Crippen molar-refractivity contribution < 1.29 is 14.7 Å². The second-order valence-corrected chi connectivity index (χ2v) is 5.63. The number of carboxylic acids is 1. The van der Waals surface area contributed by atoms with Gasteiger partial charge in [0.15, 0.2) is 0 Å². The average Bonchev–Trinajstić information content (AvgIpc) is 2.74. The average molecular weight is 269 g/mol. The summed E-state index contributed by atoms with van der Waals surface area (Å²) in [6.07, 6.45) is 2.97. The van der Waals surface area contributed by atoms with Gasteiger partial charge in [-0.2, -0.15) is 0 Å². The van der Waals surface area contributed by atoms with E-state index in [4.69, 9.17) is 5.11 Å². The van der Waals surface area contributed by atoms with Crippen molar-refractivity contribution in [2.24, 2.45) is 11.8 Å². The molecule has 1 aliphatic carbocycles. The number of hydrogen-bond donors (Lipinski definition) is 2. The number of anilines is 1. The van der Waals surface area contributed by atoms with Crippen molar-refractivity contribution in [1.82, 2.24) is 10.2 Å². The predicted octanol–water partition coefficient (Wildman–Crippen LogP) is 1.68. The summed E-state index contributed by atoms with van der Waals surface area (Å²) in [5.41, 5.74) is 0. The van der Waals surface area contributed by atoms with Crippen molar-refractivity contribution in [1.29, 1.82) is 0 Å². The lowest BCUT2D eigenvalue weighted by Gasteiger charge is -2.26. The maximum atomic E-state index is 12.1. The van der Waals surface area contributed by atoms with Gasteiger partial charge < -0.3 is 10.4 Å². The Morgan fingerprint density at radius 2 is 1.94 bits per heavy atom. The molecule has 0 spiro atoms. The molecule has 2 N–H and O–H groups in total. The molecule has 1 aliphatic rings. The summed E-state index contributed by atoms with van der Waals surface area (Å²) >= 11 is 1.29. The van der Waals surface area contributed by atoms with Crippen LogP contribution in [0.25, 0.3) is 0 Å². The first-order chi connectivity index (χ1) is 8.58. The van der Waals surface area contributed by atoms with Gasteiger partial charge in [-0.15, -0.1) is 10.2 Å². The number of nitrogens with zero attached hydrogens (tertiary/aromatic N) is 2. The SMILES string of the molecule is Cc1nnc(NC(=O)[C@@H]2CCCC[C@H]2C(=O)O)s1. The van der Waals surface area contributed by atoms with E-state index in [0.717, 1.165) is 17.8 Å². The van der Waals surface area contributed by atoms with Gasteiger partial charge in [0.05, 0.1) is 11.8 Å². The van der Waals surface area contributed by atoms with Crippen molar-refractivity contribution in [2.45, 2.75) is 32.6 Å². The molecule has 1 fully saturated rings. The zero-order valence-electron chi connectivity index (χ0n) is 10.0. The lowest BCUT2D eigenvalue weighted by molar-refractivity contribution is -0.147. The zero-order chi connectivity index (χ0) is 13.1. The summed E-state index contributed by atoms with van der Waals surface area (Å²) in [4.78, 5) is 23.2. The van der Waals surface area contributed by atoms with Crippen molar-refractivity contribution in [3.8, 4) is 0 Å². The van der Waals surface area contributed by atoms with Gasteiger partial charge in [-0.3, -0.25) is 9.59 Å². The van der Waals surface area contributed by atoms with Crippen LogP contribution < -0.4 is 5.32 Å². The van der Waals surface area contributed by atoms with Crippen molar-refractivity contribution in [2.75, 3.05) is 5.32 Å². The normalized spacial score (nSPS) is 23.6. The molecular weight excluding hydrogens is 254 g/mol. The third-order valence-electron chi connectivity index (χ3n) is 3.18. The van der Waals surface area contributed by atoms with Crippen LogP contribution in [0.5, 0.6) is 0 Å². The van der Waals surface area contributed by atoms with Crippen LogP contribution in [-0.2, 0) is 9.59 Å². The summed E-state index contributed by atoms with van der Waals surface area (Å²) in [6, 6.07) is 0. The number of aromatic nitrogens is 2. The topological polar surface area (TPSA) is 92.2 Å². The number of amides is 1. The fourth-order valence-electron chi connectivity index (χ4n) is 2.29. The minimum atomic E-state index is -0.886. The molecule has 98 valence electrons. The quantitative estimate of drug-likeness (QED) is 0.870. The fourth-order valence-corrected chi connectivity index (χ4v) is 2.88. The minimum absolute atomic E-state index is 0.252. The van der Waals surface area contributed by atoms with E-state index in [9.17, 15) is 9.59 Å². The number of carboxylic acid groups (broad SMARTS) is 1. The molecule has 0 aromatic carbocycles. The van der Waals surface area contributed by atoms with Crippen LogP contribution in [-0.4, -0.2) is 27.2 Å². The Bertz CT molecular complexity index is 460. The number of hydrogen-bond acceptors (Lipinski definition) is 5.